The minimum absolute atomic E-state index is 0.0160. The molecule has 2 amide bonds. The van der Waals surface area contributed by atoms with Crippen LogP contribution in [0.3, 0.4) is 0 Å². The van der Waals surface area contributed by atoms with Gasteiger partial charge in [0, 0.05) is 36.3 Å². The molecule has 1 N–H and O–H groups in total. The minimum Gasteiger partial charge on any atom is -0.496 e. The van der Waals surface area contributed by atoms with Crippen molar-refractivity contribution in [1.29, 1.82) is 0 Å². The Bertz CT molecular complexity index is 838. The van der Waals surface area contributed by atoms with Crippen LogP contribution in [0.1, 0.15) is 16.8 Å². The summed E-state index contributed by atoms with van der Waals surface area (Å²) >= 11 is 6.12. The predicted molar refractivity (Wildman–Crippen MR) is 102 cm³/mol. The molecule has 3 rings (SSSR count). The molecule has 2 aromatic carbocycles. The van der Waals surface area contributed by atoms with E-state index in [0.717, 1.165) is 11.1 Å². The van der Waals surface area contributed by atoms with E-state index in [4.69, 9.17) is 16.3 Å². The van der Waals surface area contributed by atoms with Crippen LogP contribution in [-0.4, -0.2) is 44.0 Å². The smallest absolute Gasteiger partial charge is 0.253 e. The molecule has 1 saturated heterocycles. The number of ether oxygens (including phenoxy) is 1. The van der Waals surface area contributed by atoms with Crippen molar-refractivity contribution in [3.8, 4) is 16.9 Å². The monoisotopic (exact) mass is 372 g/mol. The van der Waals surface area contributed by atoms with E-state index < -0.39 is 0 Å². The Labute approximate surface area is 157 Å². The number of halogens is 1. The van der Waals surface area contributed by atoms with Gasteiger partial charge in [-0.2, -0.15) is 0 Å². The molecule has 5 nitrogen and oxygen atoms in total. The Balaban J connectivity index is 1.85. The van der Waals surface area contributed by atoms with E-state index in [1.807, 2.05) is 24.3 Å². The SMILES string of the molecule is CNC(=O)C1CCN(C(=O)c2cccc(-c3cc(Cl)ccc3OC)c2)C1. The van der Waals surface area contributed by atoms with E-state index in [-0.39, 0.29) is 17.7 Å². The van der Waals surface area contributed by atoms with Gasteiger partial charge in [0.2, 0.25) is 5.91 Å². The zero-order chi connectivity index (χ0) is 18.7. The third-order valence-corrected chi connectivity index (χ3v) is 4.91. The maximum atomic E-state index is 12.8. The molecule has 26 heavy (non-hydrogen) atoms. The highest BCUT2D eigenvalue weighted by molar-refractivity contribution is 6.31. The van der Waals surface area contributed by atoms with E-state index in [2.05, 4.69) is 5.32 Å². The van der Waals surface area contributed by atoms with E-state index in [1.165, 1.54) is 0 Å². The highest BCUT2D eigenvalue weighted by Gasteiger charge is 2.31. The second kappa shape index (κ2) is 7.79. The third kappa shape index (κ3) is 3.68. The van der Waals surface area contributed by atoms with Gasteiger partial charge >= 0.3 is 0 Å². The lowest BCUT2D eigenvalue weighted by molar-refractivity contribution is -0.124. The van der Waals surface area contributed by atoms with Gasteiger partial charge in [0.1, 0.15) is 5.75 Å². The van der Waals surface area contributed by atoms with E-state index >= 15 is 0 Å². The minimum atomic E-state index is -0.139. The summed E-state index contributed by atoms with van der Waals surface area (Å²) in [4.78, 5) is 26.4. The van der Waals surface area contributed by atoms with Crippen LogP contribution in [0.15, 0.2) is 42.5 Å². The second-order valence-electron chi connectivity index (χ2n) is 6.28. The average molecular weight is 373 g/mol. The number of nitrogens with zero attached hydrogens (tertiary/aromatic N) is 1. The summed E-state index contributed by atoms with van der Waals surface area (Å²) < 4.78 is 5.41. The molecular formula is C20H21ClN2O3. The van der Waals surface area contributed by atoms with Crippen LogP contribution in [0.5, 0.6) is 5.75 Å². The molecule has 0 spiro atoms. The Kier molecular flexibility index (Phi) is 5.47. The van der Waals surface area contributed by atoms with Gasteiger partial charge in [-0.3, -0.25) is 9.59 Å². The summed E-state index contributed by atoms with van der Waals surface area (Å²) in [5.74, 6) is 0.469. The number of carbonyl (C=O) groups excluding carboxylic acids is 2. The first kappa shape index (κ1) is 18.3. The fraction of sp³-hybridized carbons (Fsp3) is 0.300. The molecule has 0 bridgehead atoms. The van der Waals surface area contributed by atoms with Crippen LogP contribution in [0.4, 0.5) is 0 Å². The van der Waals surface area contributed by atoms with E-state index in [0.29, 0.717) is 35.8 Å². The molecule has 1 heterocycles. The molecule has 1 fully saturated rings. The van der Waals surface area contributed by atoms with Crippen molar-refractivity contribution < 1.29 is 14.3 Å². The molecule has 1 aliphatic rings. The number of amides is 2. The van der Waals surface area contributed by atoms with Gasteiger partial charge in [-0.05, 0) is 42.3 Å². The Morgan fingerprint density at radius 2 is 2.04 bits per heavy atom. The van der Waals surface area contributed by atoms with Gasteiger partial charge in [-0.25, -0.2) is 0 Å². The Morgan fingerprint density at radius 3 is 2.77 bits per heavy atom. The summed E-state index contributed by atoms with van der Waals surface area (Å²) in [5.41, 5.74) is 2.28. The first-order valence-corrected chi connectivity index (χ1v) is 8.86. The van der Waals surface area contributed by atoms with Gasteiger partial charge < -0.3 is 15.0 Å². The van der Waals surface area contributed by atoms with Gasteiger partial charge in [-0.15, -0.1) is 0 Å². The number of nitrogens with one attached hydrogen (secondary N) is 1. The molecule has 0 aromatic heterocycles. The summed E-state index contributed by atoms with van der Waals surface area (Å²) in [6.45, 7) is 1.03. The number of rotatable bonds is 4. The fourth-order valence-electron chi connectivity index (χ4n) is 3.27. The Hall–Kier alpha value is -2.53. The highest BCUT2D eigenvalue weighted by Crippen LogP contribution is 2.33. The molecule has 1 aliphatic heterocycles. The number of hydrogen-bond donors (Lipinski definition) is 1. The van der Waals surface area contributed by atoms with Gasteiger partial charge in [0.25, 0.3) is 5.91 Å². The molecule has 1 unspecified atom stereocenters. The first-order valence-electron chi connectivity index (χ1n) is 8.48. The van der Waals surface area contributed by atoms with Gasteiger partial charge in [0.05, 0.1) is 13.0 Å². The predicted octanol–water partition coefficient (Wildman–Crippen LogP) is 3.22. The van der Waals surface area contributed by atoms with Crippen LogP contribution in [0, 0.1) is 5.92 Å². The molecule has 1 atom stereocenters. The van der Waals surface area contributed by atoms with Crippen molar-refractivity contribution in [2.45, 2.75) is 6.42 Å². The van der Waals surface area contributed by atoms with Crippen LogP contribution in [0.2, 0.25) is 5.02 Å². The summed E-state index contributed by atoms with van der Waals surface area (Å²) in [7, 11) is 3.22. The molecule has 2 aromatic rings. The number of benzene rings is 2. The topological polar surface area (TPSA) is 58.6 Å². The number of likely N-dealkylation sites (tertiary alicyclic amines) is 1. The Morgan fingerprint density at radius 1 is 1.23 bits per heavy atom. The second-order valence-corrected chi connectivity index (χ2v) is 6.71. The van der Waals surface area contributed by atoms with E-state index in [1.54, 1.807) is 37.3 Å². The van der Waals surface area contributed by atoms with Crippen LogP contribution >= 0.6 is 11.6 Å². The van der Waals surface area contributed by atoms with Crippen LogP contribution in [-0.2, 0) is 4.79 Å². The summed E-state index contributed by atoms with van der Waals surface area (Å²) in [5, 5.41) is 3.25. The molecule has 0 radical (unpaired) electrons. The first-order chi connectivity index (χ1) is 12.5. The molecule has 0 aliphatic carbocycles. The molecule has 6 heteroatoms. The summed E-state index contributed by atoms with van der Waals surface area (Å²) in [6, 6.07) is 12.8. The number of carbonyl (C=O) groups is 2. The van der Waals surface area contributed by atoms with Crippen molar-refractivity contribution in [3.63, 3.8) is 0 Å². The number of methoxy groups -OCH3 is 1. The quantitative estimate of drug-likeness (QED) is 0.896. The molecular weight excluding hydrogens is 352 g/mol. The number of hydrogen-bond acceptors (Lipinski definition) is 3. The molecule has 136 valence electrons. The summed E-state index contributed by atoms with van der Waals surface area (Å²) in [6.07, 6.45) is 0.688. The average Bonchev–Trinajstić information content (AvgIpc) is 3.17. The van der Waals surface area contributed by atoms with Crippen LogP contribution in [0.25, 0.3) is 11.1 Å². The maximum absolute atomic E-state index is 12.8. The van der Waals surface area contributed by atoms with Crippen molar-refractivity contribution in [1.82, 2.24) is 10.2 Å². The van der Waals surface area contributed by atoms with Crippen molar-refractivity contribution in [2.24, 2.45) is 5.92 Å². The zero-order valence-corrected chi connectivity index (χ0v) is 15.5. The lowest BCUT2D eigenvalue weighted by Crippen LogP contribution is -2.33. The van der Waals surface area contributed by atoms with Crippen molar-refractivity contribution in [2.75, 3.05) is 27.2 Å². The standard InChI is InChI=1S/C20H21ClN2O3/c1-22-19(24)15-8-9-23(12-15)20(25)14-5-3-4-13(10-14)17-11-16(21)6-7-18(17)26-2/h3-7,10-11,15H,8-9,12H2,1-2H3,(H,22,24). The van der Waals surface area contributed by atoms with Gasteiger partial charge in [0.15, 0.2) is 0 Å². The van der Waals surface area contributed by atoms with Crippen LogP contribution < -0.4 is 10.1 Å². The lowest BCUT2D eigenvalue weighted by Gasteiger charge is -2.17. The van der Waals surface area contributed by atoms with Crippen molar-refractivity contribution in [3.05, 3.63) is 53.1 Å². The lowest BCUT2D eigenvalue weighted by atomic mass is 10.0. The fourth-order valence-corrected chi connectivity index (χ4v) is 3.44. The maximum Gasteiger partial charge on any atom is 0.253 e. The van der Waals surface area contributed by atoms with E-state index in [9.17, 15) is 9.59 Å². The zero-order valence-electron chi connectivity index (χ0n) is 14.8. The van der Waals surface area contributed by atoms with Gasteiger partial charge in [-0.1, -0.05) is 23.7 Å². The highest BCUT2D eigenvalue weighted by atomic mass is 35.5. The normalized spacial score (nSPS) is 16.4. The van der Waals surface area contributed by atoms with Crippen molar-refractivity contribution >= 4 is 23.4 Å². The largest absolute Gasteiger partial charge is 0.496 e. The molecule has 0 saturated carbocycles. The third-order valence-electron chi connectivity index (χ3n) is 4.67.